The van der Waals surface area contributed by atoms with E-state index < -0.39 is 0 Å². The Labute approximate surface area is 225 Å². The van der Waals surface area contributed by atoms with Crippen molar-refractivity contribution in [1.82, 2.24) is 4.98 Å². The van der Waals surface area contributed by atoms with Gasteiger partial charge in [0.1, 0.15) is 0 Å². The van der Waals surface area contributed by atoms with Gasteiger partial charge < -0.3 is 0 Å². The number of pyridine rings is 1. The summed E-state index contributed by atoms with van der Waals surface area (Å²) in [4.78, 5) is 24.0. The van der Waals surface area contributed by atoms with Gasteiger partial charge in [-0.25, -0.2) is 0 Å². The Morgan fingerprint density at radius 3 is 2.50 bits per heavy atom. The van der Waals surface area contributed by atoms with Gasteiger partial charge in [-0.05, 0) is 0 Å². The molecule has 0 fully saturated rings. The fourth-order valence-electron chi connectivity index (χ4n) is 4.77. The Hall–Kier alpha value is -5.00. The molecule has 0 unspecified atom stereocenters. The summed E-state index contributed by atoms with van der Waals surface area (Å²) >= 11 is -0.145. The van der Waals surface area contributed by atoms with E-state index in [1.54, 1.807) is 6.20 Å². The SMILES string of the molecule is [C-]#[N+]/C(C#N)=C1\C(=C/c2ccc(N(c3ccccc3)c3ccccn3)[se]2)C(=O)c2c1ccc1ccccc21. The topological polar surface area (TPSA) is 61.4 Å². The fraction of sp³-hybridized carbons (Fsp3) is 0. The van der Waals surface area contributed by atoms with E-state index in [1.165, 1.54) is 0 Å². The monoisotopic (exact) mass is 554 g/mol. The number of aromatic nitrogens is 1. The summed E-state index contributed by atoms with van der Waals surface area (Å²) in [5.74, 6) is 0.656. The zero-order valence-corrected chi connectivity index (χ0v) is 21.7. The molecule has 178 valence electrons. The van der Waals surface area contributed by atoms with E-state index in [9.17, 15) is 10.1 Å². The number of allylic oxidation sites excluding steroid dienone is 3. The molecule has 0 saturated heterocycles. The zero-order chi connectivity index (χ0) is 26.1. The first-order valence-electron chi connectivity index (χ1n) is 11.9. The van der Waals surface area contributed by atoms with Crippen LogP contribution >= 0.6 is 0 Å². The third-order valence-corrected chi connectivity index (χ3v) is 8.54. The number of carbonyl (C=O) groups excluding carboxylic acids is 1. The summed E-state index contributed by atoms with van der Waals surface area (Å²) in [6.07, 6.45) is 3.63. The second-order valence-electron chi connectivity index (χ2n) is 8.58. The van der Waals surface area contributed by atoms with Gasteiger partial charge in [0, 0.05) is 0 Å². The molecule has 6 rings (SSSR count). The van der Waals surface area contributed by atoms with Crippen LogP contribution in [-0.4, -0.2) is 25.3 Å². The number of anilines is 3. The van der Waals surface area contributed by atoms with Crippen LogP contribution in [0.15, 0.2) is 115 Å². The molecule has 1 aliphatic rings. The molecule has 5 nitrogen and oxygen atoms in total. The standard InChI is InChI=1S/C32H18N4OSe/c1-34-27(20-33)30-25-16-14-21-9-5-6-12-24(21)31(25)32(37)26(30)19-23-15-17-29(38-23)36(22-10-3-2-4-11-22)28-13-7-8-18-35-28/h2-19H/b26-19+,30-27-. The zero-order valence-electron chi connectivity index (χ0n) is 20.0. The van der Waals surface area contributed by atoms with Gasteiger partial charge in [0.2, 0.25) is 0 Å². The third-order valence-electron chi connectivity index (χ3n) is 6.41. The molecule has 0 saturated carbocycles. The van der Waals surface area contributed by atoms with Crippen LogP contribution in [0.3, 0.4) is 0 Å². The van der Waals surface area contributed by atoms with Gasteiger partial charge in [-0.1, -0.05) is 0 Å². The first-order valence-corrected chi connectivity index (χ1v) is 13.6. The summed E-state index contributed by atoms with van der Waals surface area (Å²) in [5, 5.41) is 11.5. The quantitative estimate of drug-likeness (QED) is 0.102. The second kappa shape index (κ2) is 9.81. The number of ketones is 1. The first kappa shape index (κ1) is 23.4. The molecule has 6 heteroatoms. The van der Waals surface area contributed by atoms with Crippen molar-refractivity contribution in [1.29, 1.82) is 5.26 Å². The van der Waals surface area contributed by atoms with Gasteiger partial charge in [0.05, 0.1) is 0 Å². The minimum absolute atomic E-state index is 0.0719. The van der Waals surface area contributed by atoms with Crippen molar-refractivity contribution < 1.29 is 4.79 Å². The van der Waals surface area contributed by atoms with Crippen molar-refractivity contribution >= 4 is 58.8 Å². The maximum absolute atomic E-state index is 13.8. The Bertz CT molecular complexity index is 1800. The Morgan fingerprint density at radius 1 is 0.947 bits per heavy atom. The van der Waals surface area contributed by atoms with Gasteiger partial charge >= 0.3 is 226 Å². The molecule has 0 aliphatic heterocycles. The number of Topliss-reactive ketones (excluding diaryl/α,β-unsaturated/α-hetero) is 1. The molecular formula is C32H18N4OSe. The van der Waals surface area contributed by atoms with Crippen LogP contribution < -0.4 is 4.90 Å². The summed E-state index contributed by atoms with van der Waals surface area (Å²) in [7, 11) is 0. The predicted molar refractivity (Wildman–Crippen MR) is 151 cm³/mol. The van der Waals surface area contributed by atoms with E-state index in [4.69, 9.17) is 6.57 Å². The predicted octanol–water partition coefficient (Wildman–Crippen LogP) is 7.20. The number of para-hydroxylation sites is 1. The van der Waals surface area contributed by atoms with Crippen LogP contribution in [0.2, 0.25) is 0 Å². The van der Waals surface area contributed by atoms with Crippen LogP contribution in [0, 0.1) is 17.9 Å². The molecule has 2 heterocycles. The first-order chi connectivity index (χ1) is 18.7. The minimum atomic E-state index is -0.155. The average Bonchev–Trinajstić information content (AvgIpc) is 3.54. The molecule has 0 bridgehead atoms. The summed E-state index contributed by atoms with van der Waals surface area (Å²) in [6.45, 7) is 7.62. The van der Waals surface area contributed by atoms with Crippen LogP contribution in [0.25, 0.3) is 27.3 Å². The summed E-state index contributed by atoms with van der Waals surface area (Å²) in [6, 6.07) is 33.4. The summed E-state index contributed by atoms with van der Waals surface area (Å²) < 4.78 is 2.04. The van der Waals surface area contributed by atoms with Crippen molar-refractivity contribution in [3.05, 3.63) is 142 Å². The summed E-state index contributed by atoms with van der Waals surface area (Å²) in [5.41, 5.74) is 2.94. The molecule has 0 amide bonds. The van der Waals surface area contributed by atoms with E-state index in [1.807, 2.05) is 103 Å². The molecular weight excluding hydrogens is 535 g/mol. The molecule has 5 aromatic rings. The van der Waals surface area contributed by atoms with Gasteiger partial charge in [0.25, 0.3) is 0 Å². The number of nitriles is 1. The van der Waals surface area contributed by atoms with E-state index >= 15 is 0 Å². The van der Waals surface area contributed by atoms with Crippen molar-refractivity contribution in [2.45, 2.75) is 0 Å². The number of benzene rings is 3. The molecule has 2 aromatic heterocycles. The van der Waals surface area contributed by atoms with Gasteiger partial charge in [-0.15, -0.1) is 0 Å². The van der Waals surface area contributed by atoms with Gasteiger partial charge in [-0.2, -0.15) is 0 Å². The van der Waals surface area contributed by atoms with Crippen molar-refractivity contribution in [2.75, 3.05) is 4.90 Å². The second-order valence-corrected chi connectivity index (χ2v) is 10.9. The van der Waals surface area contributed by atoms with Crippen LogP contribution in [0.4, 0.5) is 16.1 Å². The average molecular weight is 553 g/mol. The van der Waals surface area contributed by atoms with Crippen molar-refractivity contribution in [3.63, 3.8) is 0 Å². The molecule has 0 radical (unpaired) electrons. The Balaban J connectivity index is 1.50. The van der Waals surface area contributed by atoms with E-state index in [0.717, 1.165) is 31.3 Å². The van der Waals surface area contributed by atoms with Crippen LogP contribution in [-0.2, 0) is 0 Å². The molecule has 38 heavy (non-hydrogen) atoms. The van der Waals surface area contributed by atoms with Gasteiger partial charge in [-0.3, -0.25) is 0 Å². The Kier molecular flexibility index (Phi) is 6.04. The number of rotatable bonds is 4. The van der Waals surface area contributed by atoms with Crippen LogP contribution in [0.5, 0.6) is 0 Å². The number of hydrogen-bond donors (Lipinski definition) is 0. The molecule has 0 spiro atoms. The molecule has 0 N–H and O–H groups in total. The van der Waals surface area contributed by atoms with Crippen molar-refractivity contribution in [2.24, 2.45) is 0 Å². The number of fused-ring (bicyclic) bond motifs is 3. The molecule has 3 aromatic carbocycles. The molecule has 0 atom stereocenters. The normalized spacial score (nSPS) is 14.7. The number of carbonyl (C=O) groups is 1. The fourth-order valence-corrected chi connectivity index (χ4v) is 6.82. The van der Waals surface area contributed by atoms with E-state index in [0.29, 0.717) is 22.3 Å². The van der Waals surface area contributed by atoms with Gasteiger partial charge in [0.15, 0.2) is 0 Å². The van der Waals surface area contributed by atoms with E-state index in [-0.39, 0.29) is 26.0 Å². The van der Waals surface area contributed by atoms with Crippen molar-refractivity contribution in [3.8, 4) is 6.07 Å². The maximum atomic E-state index is 13.8. The Morgan fingerprint density at radius 2 is 1.74 bits per heavy atom. The van der Waals surface area contributed by atoms with Crippen LogP contribution in [0.1, 0.15) is 20.4 Å². The third kappa shape index (κ3) is 3.95. The van der Waals surface area contributed by atoms with E-state index in [2.05, 4.69) is 20.8 Å². The molecule has 1 aliphatic carbocycles. The number of hydrogen-bond acceptors (Lipinski definition) is 4. The number of nitrogens with zero attached hydrogens (tertiary/aromatic N) is 4.